The number of likely N-dealkylation sites (tertiary alicyclic amines) is 1. The van der Waals surface area contributed by atoms with Gasteiger partial charge in [-0.3, -0.25) is 9.35 Å². The first-order valence-corrected chi connectivity index (χ1v) is 12.4. The van der Waals surface area contributed by atoms with Gasteiger partial charge in [0.05, 0.1) is 13.4 Å². The van der Waals surface area contributed by atoms with Gasteiger partial charge in [0.25, 0.3) is 10.1 Å². The van der Waals surface area contributed by atoms with Crippen molar-refractivity contribution in [2.75, 3.05) is 27.0 Å². The molecule has 170 valence electrons. The SMILES string of the molecule is COc1ccc2c(c1)[C@@]1(C)CCN(C)C(C2)[C@@]1(C)CCC(=O)C(C)C.CS(=O)(=O)O. The second-order valence-electron chi connectivity index (χ2n) is 9.58. The van der Waals surface area contributed by atoms with E-state index in [4.69, 9.17) is 9.29 Å². The smallest absolute Gasteiger partial charge is 0.261 e. The van der Waals surface area contributed by atoms with Crippen molar-refractivity contribution in [3.63, 3.8) is 0 Å². The monoisotopic (exact) mass is 439 g/mol. The fourth-order valence-electron chi connectivity index (χ4n) is 5.22. The summed E-state index contributed by atoms with van der Waals surface area (Å²) < 4.78 is 31.4. The maximum absolute atomic E-state index is 12.3. The van der Waals surface area contributed by atoms with Crippen molar-refractivity contribution in [3.8, 4) is 5.75 Å². The Labute approximate surface area is 181 Å². The van der Waals surface area contributed by atoms with Crippen LogP contribution in [0.1, 0.15) is 58.1 Å². The van der Waals surface area contributed by atoms with E-state index >= 15 is 0 Å². The van der Waals surface area contributed by atoms with Crippen molar-refractivity contribution < 1.29 is 22.5 Å². The first-order chi connectivity index (χ1) is 13.7. The van der Waals surface area contributed by atoms with Crippen LogP contribution in [0.25, 0.3) is 0 Å². The first kappa shape index (κ1) is 24.8. The third-order valence-corrected chi connectivity index (χ3v) is 7.35. The summed E-state index contributed by atoms with van der Waals surface area (Å²) in [6.07, 6.45) is 4.57. The molecule has 1 N–H and O–H groups in total. The number of hydrogen-bond donors (Lipinski definition) is 1. The number of likely N-dealkylation sites (N-methyl/N-ethyl adjacent to an activating group) is 1. The Morgan fingerprint density at radius 2 is 1.93 bits per heavy atom. The number of fused-ring (bicyclic) bond motifs is 4. The van der Waals surface area contributed by atoms with Crippen LogP contribution in [0.2, 0.25) is 0 Å². The van der Waals surface area contributed by atoms with Crippen LogP contribution in [0.15, 0.2) is 18.2 Å². The Morgan fingerprint density at radius 3 is 2.47 bits per heavy atom. The second kappa shape index (κ2) is 8.97. The first-order valence-electron chi connectivity index (χ1n) is 10.6. The molecule has 0 aromatic heterocycles. The summed E-state index contributed by atoms with van der Waals surface area (Å²) in [7, 11) is 0.326. The highest BCUT2D eigenvalue weighted by molar-refractivity contribution is 7.85. The highest BCUT2D eigenvalue weighted by Gasteiger charge is 2.57. The number of piperidine rings is 1. The Morgan fingerprint density at radius 1 is 1.33 bits per heavy atom. The van der Waals surface area contributed by atoms with Gasteiger partial charge in [-0.25, -0.2) is 0 Å². The maximum atomic E-state index is 12.3. The van der Waals surface area contributed by atoms with Gasteiger partial charge < -0.3 is 9.64 Å². The van der Waals surface area contributed by atoms with Crippen LogP contribution in [-0.2, 0) is 26.7 Å². The minimum absolute atomic E-state index is 0.0869. The number of carbonyl (C=O) groups excluding carboxylic acids is 1. The van der Waals surface area contributed by atoms with Gasteiger partial charge in [0.2, 0.25) is 0 Å². The molecule has 2 aliphatic rings. The molecule has 6 nitrogen and oxygen atoms in total. The molecule has 1 aliphatic heterocycles. The van der Waals surface area contributed by atoms with Crippen molar-refractivity contribution in [2.24, 2.45) is 11.3 Å². The van der Waals surface area contributed by atoms with Crippen molar-refractivity contribution in [1.29, 1.82) is 0 Å². The average Bonchev–Trinajstić information content (AvgIpc) is 2.64. The Bertz CT molecular complexity index is 874. The largest absolute Gasteiger partial charge is 0.497 e. The summed E-state index contributed by atoms with van der Waals surface area (Å²) in [4.78, 5) is 14.9. The molecule has 2 bridgehead atoms. The van der Waals surface area contributed by atoms with E-state index in [-0.39, 0.29) is 16.7 Å². The van der Waals surface area contributed by atoms with E-state index in [9.17, 15) is 13.2 Å². The molecule has 3 atom stereocenters. The summed E-state index contributed by atoms with van der Waals surface area (Å²) >= 11 is 0. The Hall–Kier alpha value is -1.44. The summed E-state index contributed by atoms with van der Waals surface area (Å²) in [5, 5.41) is 0. The number of ether oxygens (including phenoxy) is 1. The van der Waals surface area contributed by atoms with Crippen LogP contribution < -0.4 is 4.74 Å². The zero-order valence-electron chi connectivity index (χ0n) is 19.4. The number of rotatable bonds is 5. The lowest BCUT2D eigenvalue weighted by Crippen LogP contribution is -2.64. The van der Waals surface area contributed by atoms with E-state index in [1.54, 1.807) is 7.11 Å². The minimum Gasteiger partial charge on any atom is -0.497 e. The van der Waals surface area contributed by atoms with Crippen LogP contribution in [-0.4, -0.2) is 56.7 Å². The van der Waals surface area contributed by atoms with E-state index < -0.39 is 10.1 Å². The predicted octanol–water partition coefficient (Wildman–Crippen LogP) is 3.73. The van der Waals surface area contributed by atoms with Crippen LogP contribution in [0.3, 0.4) is 0 Å². The molecule has 30 heavy (non-hydrogen) atoms. The number of nitrogens with zero attached hydrogens (tertiary/aromatic N) is 1. The van der Waals surface area contributed by atoms with Crippen LogP contribution in [0, 0.1) is 11.3 Å². The number of Topliss-reactive ketones (excluding diaryl/α,β-unsaturated/α-hetero) is 1. The van der Waals surface area contributed by atoms with Crippen molar-refractivity contribution in [3.05, 3.63) is 29.3 Å². The lowest BCUT2D eigenvalue weighted by atomic mass is 9.49. The maximum Gasteiger partial charge on any atom is 0.261 e. The zero-order valence-corrected chi connectivity index (χ0v) is 20.2. The van der Waals surface area contributed by atoms with Gasteiger partial charge in [-0.2, -0.15) is 8.42 Å². The van der Waals surface area contributed by atoms with Crippen molar-refractivity contribution in [2.45, 2.75) is 64.8 Å². The lowest BCUT2D eigenvalue weighted by Gasteiger charge is -2.62. The summed E-state index contributed by atoms with van der Waals surface area (Å²) in [5.74, 6) is 1.46. The molecule has 1 aliphatic carbocycles. The van der Waals surface area contributed by atoms with Gasteiger partial charge in [-0.05, 0) is 61.5 Å². The van der Waals surface area contributed by atoms with Gasteiger partial charge in [0.1, 0.15) is 11.5 Å². The molecule has 1 fully saturated rings. The lowest BCUT2D eigenvalue weighted by molar-refractivity contribution is -0.124. The minimum atomic E-state index is -3.67. The number of benzene rings is 1. The number of ketones is 1. The van der Waals surface area contributed by atoms with Gasteiger partial charge >= 0.3 is 0 Å². The van der Waals surface area contributed by atoms with Crippen LogP contribution in [0.4, 0.5) is 0 Å². The zero-order chi connectivity index (χ0) is 22.9. The normalized spacial score (nSPS) is 28.4. The molecule has 1 saturated heterocycles. The van der Waals surface area contributed by atoms with Crippen molar-refractivity contribution >= 4 is 15.9 Å². The van der Waals surface area contributed by atoms with Gasteiger partial charge in [-0.15, -0.1) is 0 Å². The molecule has 0 amide bonds. The molecular formula is C23H37NO5S. The van der Waals surface area contributed by atoms with E-state index in [1.165, 1.54) is 11.1 Å². The topological polar surface area (TPSA) is 83.9 Å². The average molecular weight is 440 g/mol. The highest BCUT2D eigenvalue weighted by atomic mass is 32.2. The molecule has 1 heterocycles. The highest BCUT2D eigenvalue weighted by Crippen LogP contribution is 2.58. The quantitative estimate of drug-likeness (QED) is 0.704. The van der Waals surface area contributed by atoms with Gasteiger partial charge in [-0.1, -0.05) is 33.8 Å². The fraction of sp³-hybridized carbons (Fsp3) is 0.696. The summed E-state index contributed by atoms with van der Waals surface area (Å²) in [6.45, 7) is 9.99. The Kier molecular flexibility index (Phi) is 7.42. The molecule has 7 heteroatoms. The predicted molar refractivity (Wildman–Crippen MR) is 120 cm³/mol. The summed E-state index contributed by atoms with van der Waals surface area (Å²) in [6, 6.07) is 7.08. The summed E-state index contributed by atoms with van der Waals surface area (Å²) in [5.41, 5.74) is 3.08. The third kappa shape index (κ3) is 5.06. The molecule has 0 saturated carbocycles. The van der Waals surface area contributed by atoms with Gasteiger partial charge in [0.15, 0.2) is 0 Å². The molecule has 1 unspecified atom stereocenters. The number of carbonyl (C=O) groups is 1. The van der Waals surface area contributed by atoms with Gasteiger partial charge in [0, 0.05) is 23.8 Å². The Balaban J connectivity index is 0.000000575. The second-order valence-corrected chi connectivity index (χ2v) is 11.0. The van der Waals surface area contributed by atoms with Crippen molar-refractivity contribution in [1.82, 2.24) is 4.90 Å². The fourth-order valence-corrected chi connectivity index (χ4v) is 5.22. The van der Waals surface area contributed by atoms with Crippen LogP contribution in [0.5, 0.6) is 5.75 Å². The van der Waals surface area contributed by atoms with E-state index in [1.807, 2.05) is 13.8 Å². The van der Waals surface area contributed by atoms with E-state index in [0.29, 0.717) is 24.5 Å². The molecular weight excluding hydrogens is 402 g/mol. The number of methoxy groups -OCH3 is 1. The van der Waals surface area contributed by atoms with E-state index in [0.717, 1.165) is 31.6 Å². The molecule has 0 spiro atoms. The van der Waals surface area contributed by atoms with Crippen LogP contribution >= 0.6 is 0 Å². The number of hydrogen-bond acceptors (Lipinski definition) is 5. The molecule has 3 rings (SSSR count). The molecule has 1 aromatic rings. The molecule has 1 aromatic carbocycles. The third-order valence-electron chi connectivity index (χ3n) is 7.35. The molecule has 0 radical (unpaired) electrons. The van der Waals surface area contributed by atoms with E-state index in [2.05, 4.69) is 44.0 Å². The standard InChI is InChI=1S/C22H33NO2.CH4O3S/c1-15(2)19(24)9-10-22(4)20-13-16-7-8-17(25-6)14-18(16)21(22,3)11-12-23(20)5;1-5(2,3)4/h7-8,14-15,20H,9-13H2,1-6H3;1H3,(H,2,3,4)/t20?,21-,22-;/m1./s1.